The number of rotatable bonds is 8. The fraction of sp³-hybridized carbons (Fsp3) is 0.417. The highest BCUT2D eigenvalue weighted by molar-refractivity contribution is 9.10. The van der Waals surface area contributed by atoms with Crippen LogP contribution in [0.3, 0.4) is 0 Å². The summed E-state index contributed by atoms with van der Waals surface area (Å²) in [5.41, 5.74) is 5.34. The summed E-state index contributed by atoms with van der Waals surface area (Å²) in [7, 11) is 0. The number of benzene rings is 1. The number of para-hydroxylation sites is 1. The maximum Gasteiger partial charge on any atom is 0.404 e. The van der Waals surface area contributed by atoms with E-state index in [-0.39, 0.29) is 5.69 Å². The number of unbranched alkanes of at least 4 members (excludes halogenated alkanes) is 2. The molecule has 0 radical (unpaired) electrons. The number of hydrogen-bond donors (Lipinski definition) is 2. The third-order valence-corrected chi connectivity index (χ3v) is 3.22. The molecule has 0 heterocycles. The topological polar surface area (TPSA) is 107 Å². The summed E-state index contributed by atoms with van der Waals surface area (Å²) in [6.45, 7) is 0.893. The third kappa shape index (κ3) is 5.43. The lowest BCUT2D eigenvalue weighted by molar-refractivity contribution is -0.384. The Hall–Kier alpha value is -1.83. The van der Waals surface area contributed by atoms with Gasteiger partial charge < -0.3 is 15.8 Å². The van der Waals surface area contributed by atoms with Gasteiger partial charge in [-0.05, 0) is 41.3 Å². The highest BCUT2D eigenvalue weighted by Gasteiger charge is 2.15. The van der Waals surface area contributed by atoms with Gasteiger partial charge in [-0.1, -0.05) is 6.07 Å². The largest absolute Gasteiger partial charge is 0.450 e. The molecule has 1 aromatic carbocycles. The van der Waals surface area contributed by atoms with Crippen molar-refractivity contribution in [2.45, 2.75) is 19.3 Å². The number of halogens is 1. The molecule has 0 fully saturated rings. The molecule has 1 aromatic rings. The molecule has 110 valence electrons. The lowest BCUT2D eigenvalue weighted by Crippen LogP contribution is -2.13. The van der Waals surface area contributed by atoms with Crippen LogP contribution in [0.25, 0.3) is 0 Å². The van der Waals surface area contributed by atoms with Gasteiger partial charge in [-0.15, -0.1) is 0 Å². The van der Waals surface area contributed by atoms with Crippen LogP contribution < -0.4 is 11.1 Å². The molecule has 0 atom stereocenters. The number of nitrogens with one attached hydrogen (secondary N) is 1. The molecule has 0 aliphatic rings. The molecule has 0 spiro atoms. The lowest BCUT2D eigenvalue weighted by Gasteiger charge is -2.09. The second-order valence-corrected chi connectivity index (χ2v) is 4.90. The van der Waals surface area contributed by atoms with E-state index in [0.29, 0.717) is 29.7 Å². The van der Waals surface area contributed by atoms with Crippen LogP contribution in [0.2, 0.25) is 0 Å². The van der Waals surface area contributed by atoms with Crippen LogP contribution in [0.4, 0.5) is 16.2 Å². The van der Waals surface area contributed by atoms with Crippen LogP contribution in [0.5, 0.6) is 0 Å². The Labute approximate surface area is 124 Å². The molecule has 7 nitrogen and oxygen atoms in total. The van der Waals surface area contributed by atoms with Crippen LogP contribution in [0.15, 0.2) is 22.7 Å². The van der Waals surface area contributed by atoms with Crippen molar-refractivity contribution in [3.05, 3.63) is 32.8 Å². The summed E-state index contributed by atoms with van der Waals surface area (Å²) in [5.74, 6) is 0. The zero-order valence-corrected chi connectivity index (χ0v) is 12.4. The fourth-order valence-electron chi connectivity index (χ4n) is 1.63. The van der Waals surface area contributed by atoms with E-state index in [1.54, 1.807) is 12.1 Å². The molecule has 20 heavy (non-hydrogen) atoms. The maximum atomic E-state index is 10.9. The Bertz CT molecular complexity index is 482. The van der Waals surface area contributed by atoms with Gasteiger partial charge in [0.2, 0.25) is 0 Å². The van der Waals surface area contributed by atoms with Gasteiger partial charge in [0, 0.05) is 17.1 Å². The van der Waals surface area contributed by atoms with Gasteiger partial charge in [0.25, 0.3) is 5.69 Å². The fourth-order valence-corrected chi connectivity index (χ4v) is 2.13. The Balaban J connectivity index is 2.35. The minimum absolute atomic E-state index is 0.0384. The van der Waals surface area contributed by atoms with Gasteiger partial charge in [0.1, 0.15) is 5.69 Å². The van der Waals surface area contributed by atoms with E-state index >= 15 is 0 Å². The Kier molecular flexibility index (Phi) is 6.78. The number of amides is 1. The Morgan fingerprint density at radius 1 is 1.40 bits per heavy atom. The number of nitrogens with two attached hydrogens (primary N) is 1. The molecular weight excluding hydrogens is 330 g/mol. The first-order valence-electron chi connectivity index (χ1n) is 6.11. The van der Waals surface area contributed by atoms with Gasteiger partial charge in [-0.25, -0.2) is 4.79 Å². The number of hydrogen-bond acceptors (Lipinski definition) is 5. The predicted octanol–water partition coefficient (Wildman–Crippen LogP) is 3.03. The monoisotopic (exact) mass is 345 g/mol. The molecule has 3 N–H and O–H groups in total. The van der Waals surface area contributed by atoms with Crippen LogP contribution in [-0.2, 0) is 4.74 Å². The predicted molar refractivity (Wildman–Crippen MR) is 78.7 cm³/mol. The van der Waals surface area contributed by atoms with Gasteiger partial charge in [-0.2, -0.15) is 0 Å². The van der Waals surface area contributed by atoms with Crippen molar-refractivity contribution < 1.29 is 14.5 Å². The van der Waals surface area contributed by atoms with Crippen LogP contribution in [-0.4, -0.2) is 24.2 Å². The maximum absolute atomic E-state index is 10.9. The zero-order chi connectivity index (χ0) is 15.0. The number of nitro groups is 1. The number of primary amides is 1. The molecule has 0 unspecified atom stereocenters. The van der Waals surface area contributed by atoms with E-state index < -0.39 is 11.0 Å². The first-order chi connectivity index (χ1) is 9.52. The van der Waals surface area contributed by atoms with Crippen molar-refractivity contribution in [1.29, 1.82) is 0 Å². The average Bonchev–Trinajstić information content (AvgIpc) is 2.38. The van der Waals surface area contributed by atoms with Gasteiger partial charge >= 0.3 is 6.09 Å². The molecule has 1 rings (SSSR count). The number of ether oxygens (including phenoxy) is 1. The quantitative estimate of drug-likeness (QED) is 0.427. The zero-order valence-electron chi connectivity index (χ0n) is 10.8. The number of carbonyl (C=O) groups excluding carboxylic acids is 1. The normalized spacial score (nSPS) is 10.1. The van der Waals surface area contributed by atoms with Crippen LogP contribution in [0, 0.1) is 10.1 Å². The van der Waals surface area contributed by atoms with Crippen molar-refractivity contribution in [2.24, 2.45) is 5.73 Å². The molecule has 0 aliphatic heterocycles. The first-order valence-corrected chi connectivity index (χ1v) is 6.90. The summed E-state index contributed by atoms with van der Waals surface area (Å²) in [6, 6.07) is 4.82. The smallest absolute Gasteiger partial charge is 0.404 e. The van der Waals surface area contributed by atoms with Gasteiger partial charge in [0.15, 0.2) is 0 Å². The molecule has 0 bridgehead atoms. The van der Waals surface area contributed by atoms with E-state index in [4.69, 9.17) is 5.73 Å². The minimum atomic E-state index is -0.771. The van der Waals surface area contributed by atoms with Crippen LogP contribution in [0.1, 0.15) is 19.3 Å². The highest BCUT2D eigenvalue weighted by atomic mass is 79.9. The van der Waals surface area contributed by atoms with E-state index in [1.165, 1.54) is 6.07 Å². The van der Waals surface area contributed by atoms with Crippen molar-refractivity contribution >= 4 is 33.4 Å². The molecule has 0 aliphatic carbocycles. The lowest BCUT2D eigenvalue weighted by atomic mass is 10.2. The van der Waals surface area contributed by atoms with Crippen molar-refractivity contribution in [3.8, 4) is 0 Å². The molecular formula is C12H16BrN3O4. The standard InChI is InChI=1S/C12H16BrN3O4/c13-9-5-4-6-10(16(18)19)11(9)15-7-2-1-3-8-20-12(14)17/h4-6,15H,1-3,7-8H2,(H2,14,17). The Morgan fingerprint density at radius 3 is 2.80 bits per heavy atom. The molecule has 1 amide bonds. The second kappa shape index (κ2) is 8.36. The van der Waals surface area contributed by atoms with E-state index in [9.17, 15) is 14.9 Å². The third-order valence-electron chi connectivity index (χ3n) is 2.56. The second-order valence-electron chi connectivity index (χ2n) is 4.05. The highest BCUT2D eigenvalue weighted by Crippen LogP contribution is 2.32. The molecule has 0 saturated heterocycles. The minimum Gasteiger partial charge on any atom is -0.450 e. The average molecular weight is 346 g/mol. The summed E-state index contributed by atoms with van der Waals surface area (Å²) in [6.07, 6.45) is 1.58. The molecule has 8 heteroatoms. The molecule has 0 saturated carbocycles. The van der Waals surface area contributed by atoms with E-state index in [2.05, 4.69) is 26.0 Å². The SMILES string of the molecule is NC(=O)OCCCCCNc1c(Br)cccc1[N+](=O)[O-]. The van der Waals surface area contributed by atoms with Crippen molar-refractivity contribution in [1.82, 2.24) is 0 Å². The number of nitro benzene ring substituents is 1. The molecule has 0 aromatic heterocycles. The summed E-state index contributed by atoms with van der Waals surface area (Å²) >= 11 is 3.29. The first kappa shape index (κ1) is 16.2. The van der Waals surface area contributed by atoms with Crippen LogP contribution >= 0.6 is 15.9 Å². The summed E-state index contributed by atoms with van der Waals surface area (Å²) < 4.78 is 5.25. The van der Waals surface area contributed by atoms with Crippen molar-refractivity contribution in [2.75, 3.05) is 18.5 Å². The number of nitrogens with zero attached hydrogens (tertiary/aromatic N) is 1. The van der Waals surface area contributed by atoms with E-state index in [0.717, 1.165) is 12.8 Å². The van der Waals surface area contributed by atoms with Gasteiger partial charge in [-0.3, -0.25) is 10.1 Å². The number of anilines is 1. The van der Waals surface area contributed by atoms with Crippen molar-refractivity contribution in [3.63, 3.8) is 0 Å². The number of carbonyl (C=O) groups is 1. The van der Waals surface area contributed by atoms with E-state index in [1.807, 2.05) is 0 Å². The summed E-state index contributed by atoms with van der Waals surface area (Å²) in [4.78, 5) is 20.8. The summed E-state index contributed by atoms with van der Waals surface area (Å²) in [5, 5.41) is 13.9. The Morgan fingerprint density at radius 2 is 2.15 bits per heavy atom. The van der Waals surface area contributed by atoms with Gasteiger partial charge in [0.05, 0.1) is 11.5 Å².